The van der Waals surface area contributed by atoms with E-state index >= 15 is 0 Å². The summed E-state index contributed by atoms with van der Waals surface area (Å²) in [6.07, 6.45) is 2.03. The molecule has 1 aliphatic carbocycles. The van der Waals surface area contributed by atoms with E-state index in [1.165, 1.54) is 11.3 Å². The maximum absolute atomic E-state index is 12.1. The molecule has 1 aromatic carbocycles. The van der Waals surface area contributed by atoms with Gasteiger partial charge in [-0.3, -0.25) is 9.59 Å². The molecule has 122 valence electrons. The molecule has 2 aromatic heterocycles. The number of nitrogens with one attached hydrogen (secondary N) is 2. The second-order valence-corrected chi connectivity index (χ2v) is 6.71. The Balaban J connectivity index is 1.43. The van der Waals surface area contributed by atoms with Crippen LogP contribution in [0.4, 0.5) is 0 Å². The summed E-state index contributed by atoms with van der Waals surface area (Å²) < 4.78 is 6.65. The molecule has 1 fully saturated rings. The summed E-state index contributed by atoms with van der Waals surface area (Å²) in [6.45, 7) is -0.0491. The third-order valence-electron chi connectivity index (χ3n) is 3.69. The molecule has 1 saturated carbocycles. The number of hydrogen-bond acceptors (Lipinski definition) is 5. The average Bonchev–Trinajstić information content (AvgIpc) is 3.11. The SMILES string of the molecule is O=C(CNC(=O)c1ccc(-c2nc3ccccc3s2)o1)NC1CC1. The number of carbonyl (C=O) groups excluding carboxylic acids is 2. The number of benzene rings is 1. The lowest BCUT2D eigenvalue weighted by Gasteiger charge is -2.04. The number of hydrogen-bond donors (Lipinski definition) is 2. The summed E-state index contributed by atoms with van der Waals surface area (Å²) in [5, 5.41) is 6.10. The predicted octanol–water partition coefficient (Wildman–Crippen LogP) is 2.56. The first-order valence-corrected chi connectivity index (χ1v) is 8.54. The lowest BCUT2D eigenvalue weighted by Crippen LogP contribution is -2.37. The van der Waals surface area contributed by atoms with E-state index in [1.54, 1.807) is 12.1 Å². The molecule has 0 atom stereocenters. The van der Waals surface area contributed by atoms with Crippen molar-refractivity contribution in [3.05, 3.63) is 42.2 Å². The van der Waals surface area contributed by atoms with Gasteiger partial charge in [-0.15, -0.1) is 11.3 Å². The summed E-state index contributed by atoms with van der Waals surface area (Å²) >= 11 is 1.51. The minimum Gasteiger partial charge on any atom is -0.448 e. The molecule has 2 amide bonds. The van der Waals surface area contributed by atoms with Gasteiger partial charge in [-0.1, -0.05) is 12.1 Å². The molecule has 24 heavy (non-hydrogen) atoms. The highest BCUT2D eigenvalue weighted by Crippen LogP contribution is 2.31. The summed E-state index contributed by atoms with van der Waals surface area (Å²) in [4.78, 5) is 28.2. The van der Waals surface area contributed by atoms with E-state index in [0.29, 0.717) is 5.76 Å². The van der Waals surface area contributed by atoms with Crippen LogP contribution < -0.4 is 10.6 Å². The third-order valence-corrected chi connectivity index (χ3v) is 4.74. The molecule has 0 radical (unpaired) electrons. The van der Waals surface area contributed by atoms with Crippen molar-refractivity contribution in [2.24, 2.45) is 0 Å². The van der Waals surface area contributed by atoms with Gasteiger partial charge in [0.1, 0.15) is 0 Å². The van der Waals surface area contributed by atoms with Crippen molar-refractivity contribution in [1.29, 1.82) is 0 Å². The monoisotopic (exact) mass is 341 g/mol. The minimum absolute atomic E-state index is 0.0491. The van der Waals surface area contributed by atoms with Gasteiger partial charge in [0.25, 0.3) is 5.91 Å². The van der Waals surface area contributed by atoms with Crippen LogP contribution in [0.2, 0.25) is 0 Å². The summed E-state index contributed by atoms with van der Waals surface area (Å²) in [5.41, 5.74) is 0.900. The Bertz CT molecular complexity index is 878. The van der Waals surface area contributed by atoms with Crippen molar-refractivity contribution in [1.82, 2.24) is 15.6 Å². The van der Waals surface area contributed by atoms with Gasteiger partial charge in [-0.05, 0) is 37.1 Å². The molecule has 0 aliphatic heterocycles. The molecular formula is C17H15N3O3S. The first-order valence-electron chi connectivity index (χ1n) is 7.72. The van der Waals surface area contributed by atoms with Gasteiger partial charge in [0.15, 0.2) is 16.5 Å². The molecule has 1 aliphatic rings. The second-order valence-electron chi connectivity index (χ2n) is 5.68. The quantitative estimate of drug-likeness (QED) is 0.747. The molecule has 0 unspecified atom stereocenters. The van der Waals surface area contributed by atoms with Crippen molar-refractivity contribution < 1.29 is 14.0 Å². The van der Waals surface area contributed by atoms with Crippen LogP contribution in [0.5, 0.6) is 0 Å². The highest BCUT2D eigenvalue weighted by Gasteiger charge is 2.23. The van der Waals surface area contributed by atoms with Crippen molar-refractivity contribution in [2.75, 3.05) is 6.54 Å². The number of fused-ring (bicyclic) bond motifs is 1. The minimum atomic E-state index is -0.409. The lowest BCUT2D eigenvalue weighted by molar-refractivity contribution is -0.120. The molecule has 0 bridgehead atoms. The summed E-state index contributed by atoms with van der Waals surface area (Å²) in [6, 6.07) is 11.4. The van der Waals surface area contributed by atoms with Gasteiger partial charge >= 0.3 is 0 Å². The number of thiazole rings is 1. The van der Waals surface area contributed by atoms with E-state index in [2.05, 4.69) is 15.6 Å². The maximum atomic E-state index is 12.1. The number of rotatable bonds is 5. The molecule has 6 nitrogen and oxygen atoms in total. The van der Waals surface area contributed by atoms with Gasteiger partial charge in [0, 0.05) is 6.04 Å². The van der Waals surface area contributed by atoms with Crippen LogP contribution in [0, 0.1) is 0 Å². The third kappa shape index (κ3) is 3.16. The zero-order valence-corrected chi connectivity index (χ0v) is 13.6. The average molecular weight is 341 g/mol. The molecule has 2 heterocycles. The number of amides is 2. The molecule has 2 N–H and O–H groups in total. The Kier molecular flexibility index (Phi) is 3.78. The first kappa shape index (κ1) is 14.9. The smallest absolute Gasteiger partial charge is 0.287 e. The normalized spacial score (nSPS) is 13.8. The van der Waals surface area contributed by atoms with Gasteiger partial charge in [-0.2, -0.15) is 0 Å². The zero-order valence-electron chi connectivity index (χ0n) is 12.7. The van der Waals surface area contributed by atoms with Crippen molar-refractivity contribution in [3.63, 3.8) is 0 Å². The first-order chi connectivity index (χ1) is 11.7. The largest absolute Gasteiger partial charge is 0.448 e. The Morgan fingerprint density at radius 2 is 2.04 bits per heavy atom. The second kappa shape index (κ2) is 6.09. The van der Waals surface area contributed by atoms with Crippen LogP contribution in [0.25, 0.3) is 21.0 Å². The van der Waals surface area contributed by atoms with Gasteiger partial charge < -0.3 is 15.1 Å². The number of para-hydroxylation sites is 1. The van der Waals surface area contributed by atoms with Gasteiger partial charge in [0.2, 0.25) is 5.91 Å². The van der Waals surface area contributed by atoms with Crippen LogP contribution in [0.1, 0.15) is 23.4 Å². The Morgan fingerprint density at radius 3 is 2.83 bits per heavy atom. The van der Waals surface area contributed by atoms with Crippen LogP contribution in [-0.4, -0.2) is 29.4 Å². The van der Waals surface area contributed by atoms with Crippen molar-refractivity contribution in [3.8, 4) is 10.8 Å². The fourth-order valence-corrected chi connectivity index (χ4v) is 3.23. The van der Waals surface area contributed by atoms with E-state index in [1.807, 2.05) is 24.3 Å². The number of furan rings is 1. The Morgan fingerprint density at radius 1 is 1.21 bits per heavy atom. The predicted molar refractivity (Wildman–Crippen MR) is 90.8 cm³/mol. The summed E-state index contributed by atoms with van der Waals surface area (Å²) in [7, 11) is 0. The lowest BCUT2D eigenvalue weighted by atomic mass is 10.3. The fraction of sp³-hybridized carbons (Fsp3) is 0.235. The molecule has 3 aromatic rings. The highest BCUT2D eigenvalue weighted by molar-refractivity contribution is 7.21. The Hall–Kier alpha value is -2.67. The number of aromatic nitrogens is 1. The molecule has 4 rings (SSSR count). The van der Waals surface area contributed by atoms with Gasteiger partial charge in [-0.25, -0.2) is 4.98 Å². The van der Waals surface area contributed by atoms with E-state index < -0.39 is 5.91 Å². The Labute approximate surface area is 141 Å². The maximum Gasteiger partial charge on any atom is 0.287 e. The van der Waals surface area contributed by atoms with E-state index in [9.17, 15) is 9.59 Å². The molecule has 0 spiro atoms. The van der Waals surface area contributed by atoms with Crippen LogP contribution in [0.15, 0.2) is 40.8 Å². The number of nitrogens with zero attached hydrogens (tertiary/aromatic N) is 1. The fourth-order valence-electron chi connectivity index (χ4n) is 2.31. The molecular weight excluding hydrogens is 326 g/mol. The molecule has 7 heteroatoms. The van der Waals surface area contributed by atoms with Gasteiger partial charge in [0.05, 0.1) is 16.8 Å². The van der Waals surface area contributed by atoms with E-state index in [-0.39, 0.29) is 24.3 Å². The van der Waals surface area contributed by atoms with Crippen molar-refractivity contribution in [2.45, 2.75) is 18.9 Å². The highest BCUT2D eigenvalue weighted by atomic mass is 32.1. The zero-order chi connectivity index (χ0) is 16.5. The van der Waals surface area contributed by atoms with Crippen LogP contribution in [-0.2, 0) is 4.79 Å². The van der Waals surface area contributed by atoms with Crippen molar-refractivity contribution >= 4 is 33.4 Å². The van der Waals surface area contributed by atoms with Crippen LogP contribution in [0.3, 0.4) is 0 Å². The standard InChI is InChI=1S/C17H15N3O3S/c21-15(19-10-5-6-10)9-18-16(22)12-7-8-13(23-12)17-20-11-3-1-2-4-14(11)24-17/h1-4,7-8,10H,5-6,9H2,(H,18,22)(H,19,21). The topological polar surface area (TPSA) is 84.2 Å². The van der Waals surface area contributed by atoms with E-state index in [0.717, 1.165) is 28.1 Å². The van der Waals surface area contributed by atoms with E-state index in [4.69, 9.17) is 4.42 Å². The van der Waals surface area contributed by atoms with Crippen LogP contribution >= 0.6 is 11.3 Å². The summed E-state index contributed by atoms with van der Waals surface area (Å²) in [5.74, 6) is 0.129. The molecule has 0 saturated heterocycles. The number of carbonyl (C=O) groups is 2.